The maximum atomic E-state index is 13.0. The molecular weight excluding hydrogens is 395 g/mol. The van der Waals surface area contributed by atoms with Gasteiger partial charge in [0.05, 0.1) is 5.56 Å². The van der Waals surface area contributed by atoms with E-state index in [1.165, 1.54) is 12.1 Å². The summed E-state index contributed by atoms with van der Waals surface area (Å²) in [6.45, 7) is 6.13. The maximum Gasteiger partial charge on any atom is 0.416 e. The molecule has 2 fully saturated rings. The fraction of sp³-hybridized carbons (Fsp3) is 0.524. The summed E-state index contributed by atoms with van der Waals surface area (Å²) >= 11 is 0. The Balaban J connectivity index is 1.35. The number of amides is 1. The summed E-state index contributed by atoms with van der Waals surface area (Å²) in [5.74, 6) is -0.0494. The molecule has 1 aromatic carbocycles. The second-order valence-electron chi connectivity index (χ2n) is 8.05. The van der Waals surface area contributed by atoms with Gasteiger partial charge in [-0.3, -0.25) is 14.8 Å². The zero-order valence-corrected chi connectivity index (χ0v) is 17.0. The van der Waals surface area contributed by atoms with E-state index in [1.54, 1.807) is 12.1 Å². The third-order valence-electron chi connectivity index (χ3n) is 5.98. The zero-order valence-electron chi connectivity index (χ0n) is 17.0. The van der Waals surface area contributed by atoms with E-state index in [0.29, 0.717) is 31.0 Å². The number of rotatable bonds is 3. The number of hydrogen-bond acceptors (Lipinski definition) is 4. The van der Waals surface area contributed by atoms with Crippen molar-refractivity contribution in [3.63, 3.8) is 0 Å². The van der Waals surface area contributed by atoms with E-state index in [9.17, 15) is 18.0 Å². The van der Waals surface area contributed by atoms with E-state index in [1.807, 2.05) is 16.7 Å². The normalized spacial score (nSPS) is 21.1. The molecule has 0 unspecified atom stereocenters. The Hall–Kier alpha value is -2.55. The first-order valence-corrected chi connectivity index (χ1v) is 10.3. The molecule has 2 saturated heterocycles. The van der Waals surface area contributed by atoms with Gasteiger partial charge in [-0.1, -0.05) is 6.07 Å². The topological polar surface area (TPSA) is 55.5 Å². The van der Waals surface area contributed by atoms with Crippen molar-refractivity contribution in [3.05, 3.63) is 47.3 Å². The molecule has 9 heteroatoms. The molecule has 1 N–H and O–H groups in total. The number of nitrogens with one attached hydrogen (secondary N) is 1. The van der Waals surface area contributed by atoms with Crippen LogP contribution in [-0.4, -0.2) is 71.2 Å². The third kappa shape index (κ3) is 4.45. The van der Waals surface area contributed by atoms with E-state index < -0.39 is 11.7 Å². The van der Waals surface area contributed by atoms with Gasteiger partial charge in [-0.25, -0.2) is 0 Å². The molecule has 1 aromatic heterocycles. The highest BCUT2D eigenvalue weighted by Gasteiger charge is 2.33. The summed E-state index contributed by atoms with van der Waals surface area (Å²) in [7, 11) is 0. The minimum Gasteiger partial charge on any atom is -0.369 e. The number of anilines is 1. The molecule has 1 atom stereocenters. The van der Waals surface area contributed by atoms with Gasteiger partial charge >= 0.3 is 6.18 Å². The molecule has 1 amide bonds. The van der Waals surface area contributed by atoms with Crippen LogP contribution in [0.15, 0.2) is 30.3 Å². The fourth-order valence-electron chi connectivity index (χ4n) is 4.35. The van der Waals surface area contributed by atoms with Gasteiger partial charge in [-0.15, -0.1) is 0 Å². The Morgan fingerprint density at radius 2 is 1.90 bits per heavy atom. The highest BCUT2D eigenvalue weighted by molar-refractivity contribution is 5.92. The Bertz CT molecular complexity index is 889. The van der Waals surface area contributed by atoms with Gasteiger partial charge in [0, 0.05) is 56.7 Å². The van der Waals surface area contributed by atoms with Gasteiger partial charge in [0.1, 0.15) is 5.69 Å². The van der Waals surface area contributed by atoms with Crippen molar-refractivity contribution in [3.8, 4) is 0 Å². The van der Waals surface area contributed by atoms with E-state index in [2.05, 4.69) is 15.1 Å². The van der Waals surface area contributed by atoms with Crippen molar-refractivity contribution < 1.29 is 18.0 Å². The summed E-state index contributed by atoms with van der Waals surface area (Å²) in [5, 5.41) is 6.89. The summed E-state index contributed by atoms with van der Waals surface area (Å²) < 4.78 is 39.0. The summed E-state index contributed by atoms with van der Waals surface area (Å²) in [4.78, 5) is 18.9. The average molecular weight is 421 g/mol. The number of carbonyl (C=O) groups is 1. The van der Waals surface area contributed by atoms with Crippen LogP contribution in [0.5, 0.6) is 0 Å². The lowest BCUT2D eigenvalue weighted by molar-refractivity contribution is -0.137. The van der Waals surface area contributed by atoms with Crippen molar-refractivity contribution in [1.82, 2.24) is 20.0 Å². The second kappa shape index (κ2) is 8.29. The number of H-pyrrole nitrogens is 1. The molecule has 0 saturated carbocycles. The van der Waals surface area contributed by atoms with Crippen molar-refractivity contribution in [1.29, 1.82) is 0 Å². The number of aryl methyl sites for hydroxylation is 1. The first-order valence-electron chi connectivity index (χ1n) is 10.3. The molecule has 30 heavy (non-hydrogen) atoms. The average Bonchev–Trinajstić information content (AvgIpc) is 3.19. The number of nitrogens with zero attached hydrogens (tertiary/aromatic N) is 4. The lowest BCUT2D eigenvalue weighted by Gasteiger charge is -2.43. The van der Waals surface area contributed by atoms with Crippen LogP contribution in [0.3, 0.4) is 0 Å². The van der Waals surface area contributed by atoms with Gasteiger partial charge in [-0.05, 0) is 44.0 Å². The first-order chi connectivity index (χ1) is 14.3. The molecule has 0 radical (unpaired) electrons. The Kier molecular flexibility index (Phi) is 5.73. The Labute approximate surface area is 173 Å². The fourth-order valence-corrected chi connectivity index (χ4v) is 4.35. The van der Waals surface area contributed by atoms with E-state index in [4.69, 9.17) is 0 Å². The lowest BCUT2D eigenvalue weighted by Crippen LogP contribution is -2.56. The van der Waals surface area contributed by atoms with Gasteiger partial charge in [0.25, 0.3) is 5.91 Å². The Morgan fingerprint density at radius 3 is 2.57 bits per heavy atom. The van der Waals surface area contributed by atoms with Crippen LogP contribution in [0.1, 0.15) is 34.6 Å². The predicted molar refractivity (Wildman–Crippen MR) is 107 cm³/mol. The smallest absolute Gasteiger partial charge is 0.369 e. The molecule has 4 rings (SSSR count). The number of carbonyl (C=O) groups excluding carboxylic acids is 1. The molecule has 0 spiro atoms. The van der Waals surface area contributed by atoms with Crippen molar-refractivity contribution in [2.45, 2.75) is 32.0 Å². The van der Waals surface area contributed by atoms with Crippen molar-refractivity contribution >= 4 is 11.6 Å². The van der Waals surface area contributed by atoms with E-state index >= 15 is 0 Å². The molecule has 162 valence electrons. The zero-order chi connectivity index (χ0) is 21.3. The molecule has 2 aromatic rings. The summed E-state index contributed by atoms with van der Waals surface area (Å²) in [6, 6.07) is 7.56. The number of aromatic amines is 1. The van der Waals surface area contributed by atoms with Crippen LogP contribution in [-0.2, 0) is 6.18 Å². The molecule has 2 aliphatic heterocycles. The predicted octanol–water partition coefficient (Wildman–Crippen LogP) is 3.16. The summed E-state index contributed by atoms with van der Waals surface area (Å²) in [5.41, 5.74) is 1.30. The molecule has 6 nitrogen and oxygen atoms in total. The minimum absolute atomic E-state index is 0.0494. The lowest BCUT2D eigenvalue weighted by atomic mass is 10.0. The monoisotopic (exact) mass is 421 g/mol. The van der Waals surface area contributed by atoms with Crippen LogP contribution in [0, 0.1) is 6.92 Å². The molecular formula is C21H26F3N5O. The largest absolute Gasteiger partial charge is 0.416 e. The van der Waals surface area contributed by atoms with E-state index in [0.717, 1.165) is 44.2 Å². The number of piperazine rings is 1. The molecule has 0 aliphatic carbocycles. The molecule has 0 bridgehead atoms. The third-order valence-corrected chi connectivity index (χ3v) is 5.98. The van der Waals surface area contributed by atoms with Crippen molar-refractivity contribution in [2.24, 2.45) is 0 Å². The SMILES string of the molecule is Cc1cc(C(=O)N2CCC[C@@H](N3CCN(c4cccc(C(F)(F)F)c4)CC3)C2)n[nH]1. The molecule has 2 aliphatic rings. The van der Waals surface area contributed by atoms with Crippen LogP contribution in [0.4, 0.5) is 18.9 Å². The number of alkyl halides is 3. The van der Waals surface area contributed by atoms with Crippen LogP contribution in [0.25, 0.3) is 0 Å². The van der Waals surface area contributed by atoms with Crippen molar-refractivity contribution in [2.75, 3.05) is 44.2 Å². The van der Waals surface area contributed by atoms with Gasteiger partial charge in [0.2, 0.25) is 0 Å². The van der Waals surface area contributed by atoms with Gasteiger partial charge in [-0.2, -0.15) is 18.3 Å². The van der Waals surface area contributed by atoms with Crippen LogP contribution >= 0.6 is 0 Å². The van der Waals surface area contributed by atoms with Gasteiger partial charge in [0.15, 0.2) is 0 Å². The number of aromatic nitrogens is 2. The number of halogens is 3. The van der Waals surface area contributed by atoms with E-state index in [-0.39, 0.29) is 11.9 Å². The van der Waals surface area contributed by atoms with Crippen LogP contribution in [0.2, 0.25) is 0 Å². The number of piperidine rings is 1. The summed E-state index contributed by atoms with van der Waals surface area (Å²) in [6.07, 6.45) is -2.37. The standard InChI is InChI=1S/C21H26F3N5O/c1-15-12-19(26-25-15)20(30)29-7-3-6-18(14-29)28-10-8-27(9-11-28)17-5-2-4-16(13-17)21(22,23)24/h2,4-5,12-13,18H,3,6-11,14H2,1H3,(H,25,26)/t18-/m1/s1. The minimum atomic E-state index is -4.33. The second-order valence-corrected chi connectivity index (χ2v) is 8.05. The maximum absolute atomic E-state index is 13.0. The highest BCUT2D eigenvalue weighted by atomic mass is 19.4. The first kappa shape index (κ1) is 20.7. The quantitative estimate of drug-likeness (QED) is 0.827. The Morgan fingerprint density at radius 1 is 1.13 bits per heavy atom. The van der Waals surface area contributed by atoms with Crippen LogP contribution < -0.4 is 4.90 Å². The number of benzene rings is 1. The molecule has 3 heterocycles. The highest BCUT2D eigenvalue weighted by Crippen LogP contribution is 2.32. The van der Waals surface area contributed by atoms with Gasteiger partial charge < -0.3 is 9.80 Å². The number of likely N-dealkylation sites (tertiary alicyclic amines) is 1. The number of hydrogen-bond donors (Lipinski definition) is 1.